The van der Waals surface area contributed by atoms with Crippen molar-refractivity contribution in [3.8, 4) is 6.07 Å². The number of halogens is 2. The zero-order valence-corrected chi connectivity index (χ0v) is 11.2. The van der Waals surface area contributed by atoms with Crippen LogP contribution in [0.1, 0.15) is 15.9 Å². The van der Waals surface area contributed by atoms with Crippen LogP contribution in [0.3, 0.4) is 0 Å². The first kappa shape index (κ1) is 12.7. The molecule has 2 rings (SSSR count). The first-order valence-electron chi connectivity index (χ1n) is 4.86. The molecule has 0 radical (unpaired) electrons. The summed E-state index contributed by atoms with van der Waals surface area (Å²) in [4.78, 5) is 11.9. The lowest BCUT2D eigenvalue weighted by Gasteiger charge is -2.06. The van der Waals surface area contributed by atoms with Crippen molar-refractivity contribution in [2.45, 2.75) is 0 Å². The van der Waals surface area contributed by atoms with E-state index in [4.69, 9.17) is 21.3 Å². The van der Waals surface area contributed by atoms with E-state index in [2.05, 4.69) is 21.2 Å². The molecular formula is C12H6BrClN2O2. The molecule has 6 heteroatoms. The SMILES string of the molecule is N#Cc1ccc(Cl)c(NC(=O)c2ccoc2Br)c1. The highest BCUT2D eigenvalue weighted by Gasteiger charge is 2.14. The molecule has 0 saturated carbocycles. The molecule has 1 aromatic heterocycles. The second kappa shape index (κ2) is 5.25. The molecule has 0 fully saturated rings. The number of anilines is 1. The zero-order chi connectivity index (χ0) is 13.1. The lowest BCUT2D eigenvalue weighted by Crippen LogP contribution is -2.11. The average Bonchev–Trinajstić information content (AvgIpc) is 2.78. The second-order valence-electron chi connectivity index (χ2n) is 3.37. The van der Waals surface area contributed by atoms with Gasteiger partial charge < -0.3 is 9.73 Å². The number of nitrogens with one attached hydrogen (secondary N) is 1. The van der Waals surface area contributed by atoms with E-state index >= 15 is 0 Å². The lowest BCUT2D eigenvalue weighted by molar-refractivity contribution is 0.102. The molecule has 0 saturated heterocycles. The molecule has 1 N–H and O–H groups in total. The largest absolute Gasteiger partial charge is 0.457 e. The molecule has 0 atom stereocenters. The molecule has 90 valence electrons. The minimum Gasteiger partial charge on any atom is -0.457 e. The van der Waals surface area contributed by atoms with Crippen LogP contribution in [0.15, 0.2) is 39.6 Å². The van der Waals surface area contributed by atoms with Crippen molar-refractivity contribution >= 4 is 39.1 Å². The summed E-state index contributed by atoms with van der Waals surface area (Å²) in [7, 11) is 0. The van der Waals surface area contributed by atoms with Gasteiger partial charge in [0.15, 0.2) is 4.67 Å². The first-order chi connectivity index (χ1) is 8.61. The molecule has 1 aromatic carbocycles. The molecule has 0 spiro atoms. The van der Waals surface area contributed by atoms with Crippen molar-refractivity contribution in [3.05, 3.63) is 51.3 Å². The summed E-state index contributed by atoms with van der Waals surface area (Å²) < 4.78 is 5.31. The monoisotopic (exact) mass is 324 g/mol. The van der Waals surface area contributed by atoms with E-state index < -0.39 is 0 Å². The van der Waals surface area contributed by atoms with E-state index in [0.717, 1.165) is 0 Å². The topological polar surface area (TPSA) is 66.0 Å². The minimum atomic E-state index is -0.368. The number of hydrogen-bond acceptors (Lipinski definition) is 3. The first-order valence-corrected chi connectivity index (χ1v) is 6.03. The summed E-state index contributed by atoms with van der Waals surface area (Å²) in [5.41, 5.74) is 1.16. The highest BCUT2D eigenvalue weighted by atomic mass is 79.9. The quantitative estimate of drug-likeness (QED) is 0.912. The van der Waals surface area contributed by atoms with Crippen molar-refractivity contribution < 1.29 is 9.21 Å². The predicted octanol–water partition coefficient (Wildman–Crippen LogP) is 3.82. The normalized spacial score (nSPS) is 9.83. The molecule has 0 aliphatic rings. The standard InChI is InChI=1S/C12H6BrClN2O2/c13-11-8(3-4-18-11)12(17)16-10-5-7(6-15)1-2-9(10)14/h1-5H,(H,16,17). The Kier molecular flexibility index (Phi) is 3.70. The van der Waals surface area contributed by atoms with Gasteiger partial charge in [0.1, 0.15) is 0 Å². The van der Waals surface area contributed by atoms with Crippen LogP contribution in [-0.4, -0.2) is 5.91 Å². The molecule has 0 unspecified atom stereocenters. The number of carbonyl (C=O) groups excluding carboxylic acids is 1. The Morgan fingerprint density at radius 2 is 2.22 bits per heavy atom. The summed E-state index contributed by atoms with van der Waals surface area (Å²) in [6.07, 6.45) is 1.40. The van der Waals surface area contributed by atoms with Gasteiger partial charge in [0, 0.05) is 0 Å². The number of furan rings is 1. The maximum Gasteiger partial charge on any atom is 0.260 e. The van der Waals surface area contributed by atoms with Gasteiger partial charge in [-0.3, -0.25) is 4.79 Å². The maximum absolute atomic E-state index is 11.9. The highest BCUT2D eigenvalue weighted by molar-refractivity contribution is 9.10. The maximum atomic E-state index is 11.9. The van der Waals surface area contributed by atoms with E-state index in [0.29, 0.717) is 26.5 Å². The van der Waals surface area contributed by atoms with Crippen LogP contribution in [0.5, 0.6) is 0 Å². The van der Waals surface area contributed by atoms with Crippen LogP contribution < -0.4 is 5.32 Å². The summed E-state index contributed by atoms with van der Waals surface area (Å²) in [5, 5.41) is 11.8. The van der Waals surface area contributed by atoms with Crippen LogP contribution in [0.25, 0.3) is 0 Å². The molecular weight excluding hydrogens is 320 g/mol. The molecule has 4 nitrogen and oxygen atoms in total. The summed E-state index contributed by atoms with van der Waals surface area (Å²) in [6.45, 7) is 0. The molecule has 2 aromatic rings. The average molecular weight is 326 g/mol. The summed E-state index contributed by atoms with van der Waals surface area (Å²) in [6, 6.07) is 8.14. The van der Waals surface area contributed by atoms with E-state index in [9.17, 15) is 4.79 Å². The Balaban J connectivity index is 2.27. The van der Waals surface area contributed by atoms with Crippen LogP contribution >= 0.6 is 27.5 Å². The Labute approximate surface area is 116 Å². The molecule has 0 aliphatic carbocycles. The fourth-order valence-corrected chi connectivity index (χ4v) is 1.92. The van der Waals surface area contributed by atoms with Crippen molar-refractivity contribution in [2.24, 2.45) is 0 Å². The van der Waals surface area contributed by atoms with Crippen molar-refractivity contribution in [1.82, 2.24) is 0 Å². The van der Waals surface area contributed by atoms with Gasteiger partial charge in [-0.15, -0.1) is 0 Å². The zero-order valence-electron chi connectivity index (χ0n) is 8.91. The highest BCUT2D eigenvalue weighted by Crippen LogP contribution is 2.25. The Morgan fingerprint density at radius 1 is 1.44 bits per heavy atom. The van der Waals surface area contributed by atoms with Gasteiger partial charge >= 0.3 is 0 Å². The van der Waals surface area contributed by atoms with Gasteiger partial charge in [-0.05, 0) is 40.2 Å². The number of nitriles is 1. The molecule has 0 aliphatic heterocycles. The van der Waals surface area contributed by atoms with E-state index in [1.807, 2.05) is 6.07 Å². The second-order valence-corrected chi connectivity index (χ2v) is 4.50. The van der Waals surface area contributed by atoms with Crippen molar-refractivity contribution in [2.75, 3.05) is 5.32 Å². The minimum absolute atomic E-state index is 0.340. The smallest absolute Gasteiger partial charge is 0.260 e. The Morgan fingerprint density at radius 3 is 2.83 bits per heavy atom. The predicted molar refractivity (Wildman–Crippen MR) is 70.5 cm³/mol. The van der Waals surface area contributed by atoms with Crippen LogP contribution in [0.2, 0.25) is 5.02 Å². The number of nitrogens with zero attached hydrogens (tertiary/aromatic N) is 1. The number of rotatable bonds is 2. The third kappa shape index (κ3) is 2.55. The van der Waals surface area contributed by atoms with E-state index in [-0.39, 0.29) is 5.91 Å². The Hall–Kier alpha value is -1.77. The third-order valence-corrected chi connectivity index (χ3v) is 3.15. The van der Waals surface area contributed by atoms with Crippen molar-refractivity contribution in [3.63, 3.8) is 0 Å². The van der Waals surface area contributed by atoms with Crippen LogP contribution in [-0.2, 0) is 0 Å². The van der Waals surface area contributed by atoms with Gasteiger partial charge in [-0.1, -0.05) is 11.6 Å². The van der Waals surface area contributed by atoms with Crippen LogP contribution in [0, 0.1) is 11.3 Å². The van der Waals surface area contributed by atoms with E-state index in [1.165, 1.54) is 18.4 Å². The third-order valence-electron chi connectivity index (χ3n) is 2.21. The summed E-state index contributed by atoms with van der Waals surface area (Å²) >= 11 is 9.05. The van der Waals surface area contributed by atoms with Gasteiger partial charge in [0.2, 0.25) is 0 Å². The number of hydrogen-bond donors (Lipinski definition) is 1. The summed E-state index contributed by atoms with van der Waals surface area (Å²) in [5.74, 6) is -0.368. The van der Waals surface area contributed by atoms with Gasteiger partial charge in [0.25, 0.3) is 5.91 Å². The molecule has 1 heterocycles. The van der Waals surface area contributed by atoms with Gasteiger partial charge in [-0.2, -0.15) is 5.26 Å². The van der Waals surface area contributed by atoms with Gasteiger partial charge in [-0.25, -0.2) is 0 Å². The number of benzene rings is 1. The number of amides is 1. The Bertz CT molecular complexity index is 646. The fraction of sp³-hybridized carbons (Fsp3) is 0. The molecule has 18 heavy (non-hydrogen) atoms. The van der Waals surface area contributed by atoms with Crippen molar-refractivity contribution in [1.29, 1.82) is 5.26 Å². The van der Waals surface area contributed by atoms with E-state index in [1.54, 1.807) is 12.1 Å². The molecule has 0 bridgehead atoms. The lowest BCUT2D eigenvalue weighted by atomic mass is 10.2. The molecule has 1 amide bonds. The number of carbonyl (C=O) groups is 1. The van der Waals surface area contributed by atoms with Crippen LogP contribution in [0.4, 0.5) is 5.69 Å². The van der Waals surface area contributed by atoms with Gasteiger partial charge in [0.05, 0.1) is 34.2 Å². The fourth-order valence-electron chi connectivity index (χ4n) is 1.34.